The molecule has 0 unspecified atom stereocenters. The molecule has 0 spiro atoms. The van der Waals surface area contributed by atoms with Gasteiger partial charge in [0.05, 0.1) is 0 Å². The minimum absolute atomic E-state index is 0.936. The second-order valence-electron chi connectivity index (χ2n) is 4.82. The third-order valence-electron chi connectivity index (χ3n) is 2.94. The first-order chi connectivity index (χ1) is 8.75. The number of rotatable bonds is 5. The van der Waals surface area contributed by atoms with Crippen LogP contribution in [0.2, 0.25) is 0 Å². The zero-order valence-electron chi connectivity index (χ0n) is 11.2. The molecule has 0 amide bonds. The molecule has 1 aliphatic heterocycles. The van der Waals surface area contributed by atoms with Crippen LogP contribution in [0, 0.1) is 0 Å². The first kappa shape index (κ1) is 12.9. The summed E-state index contributed by atoms with van der Waals surface area (Å²) in [5.41, 5.74) is 2.34. The summed E-state index contributed by atoms with van der Waals surface area (Å²) in [5.74, 6) is 1.03. The van der Waals surface area contributed by atoms with E-state index in [-0.39, 0.29) is 0 Å². The van der Waals surface area contributed by atoms with Crippen molar-refractivity contribution in [3.63, 3.8) is 0 Å². The Morgan fingerprint density at radius 3 is 2.67 bits per heavy atom. The highest BCUT2D eigenvalue weighted by molar-refractivity contribution is 5.99. The molecule has 4 nitrogen and oxygen atoms in total. The third-order valence-corrected chi connectivity index (χ3v) is 2.94. The maximum atomic E-state index is 4.49. The quantitative estimate of drug-likeness (QED) is 0.825. The predicted octanol–water partition coefficient (Wildman–Crippen LogP) is 1.40. The molecule has 4 heteroatoms. The maximum absolute atomic E-state index is 4.49. The number of aliphatic imine (C=N–C) groups is 1. The second kappa shape index (κ2) is 6.40. The first-order valence-electron chi connectivity index (χ1n) is 6.53. The predicted molar refractivity (Wildman–Crippen MR) is 77.5 cm³/mol. The van der Waals surface area contributed by atoms with Gasteiger partial charge in [-0.3, -0.25) is 4.99 Å². The molecule has 2 rings (SSSR count). The lowest BCUT2D eigenvalue weighted by Gasteiger charge is -2.15. The van der Waals surface area contributed by atoms with Gasteiger partial charge in [-0.25, -0.2) is 0 Å². The van der Waals surface area contributed by atoms with Crippen LogP contribution in [0.4, 0.5) is 5.69 Å². The van der Waals surface area contributed by atoms with Gasteiger partial charge in [-0.15, -0.1) is 0 Å². The molecule has 98 valence electrons. The molecule has 0 atom stereocenters. The lowest BCUT2D eigenvalue weighted by Crippen LogP contribution is -2.30. The van der Waals surface area contributed by atoms with Gasteiger partial charge in [-0.05, 0) is 44.8 Å². The van der Waals surface area contributed by atoms with E-state index in [0.29, 0.717) is 0 Å². The number of anilines is 1. The summed E-state index contributed by atoms with van der Waals surface area (Å²) in [5, 5.41) is 6.74. The Balaban J connectivity index is 1.91. The fourth-order valence-corrected chi connectivity index (χ4v) is 1.90. The van der Waals surface area contributed by atoms with E-state index in [4.69, 9.17) is 0 Å². The summed E-state index contributed by atoms with van der Waals surface area (Å²) in [6, 6.07) is 8.47. The minimum atomic E-state index is 0.936. The van der Waals surface area contributed by atoms with E-state index >= 15 is 0 Å². The van der Waals surface area contributed by atoms with Crippen LogP contribution in [0.1, 0.15) is 12.0 Å². The van der Waals surface area contributed by atoms with Crippen molar-refractivity contribution in [1.29, 1.82) is 0 Å². The Labute approximate surface area is 109 Å². The van der Waals surface area contributed by atoms with Crippen molar-refractivity contribution < 1.29 is 0 Å². The van der Waals surface area contributed by atoms with Gasteiger partial charge in [0, 0.05) is 37.4 Å². The van der Waals surface area contributed by atoms with Crippen LogP contribution < -0.4 is 10.6 Å². The molecular weight excluding hydrogens is 224 g/mol. The molecular formula is C14H22N4. The van der Waals surface area contributed by atoms with Crippen molar-refractivity contribution in [3.8, 4) is 0 Å². The molecule has 0 radical (unpaired) electrons. The molecule has 0 saturated heterocycles. The topological polar surface area (TPSA) is 39.7 Å². The average molecular weight is 246 g/mol. The van der Waals surface area contributed by atoms with E-state index in [1.165, 1.54) is 5.56 Å². The van der Waals surface area contributed by atoms with Gasteiger partial charge in [0.2, 0.25) is 0 Å². The highest BCUT2D eigenvalue weighted by atomic mass is 15.1. The molecule has 0 aromatic heterocycles. The van der Waals surface area contributed by atoms with Crippen LogP contribution in [0.25, 0.3) is 0 Å². The van der Waals surface area contributed by atoms with E-state index in [2.05, 4.69) is 58.9 Å². The molecule has 0 aliphatic carbocycles. The van der Waals surface area contributed by atoms with E-state index in [0.717, 1.165) is 44.1 Å². The van der Waals surface area contributed by atoms with Gasteiger partial charge >= 0.3 is 0 Å². The summed E-state index contributed by atoms with van der Waals surface area (Å²) in [4.78, 5) is 6.66. The van der Waals surface area contributed by atoms with Gasteiger partial charge in [0.15, 0.2) is 0 Å². The monoisotopic (exact) mass is 246 g/mol. The molecule has 0 fully saturated rings. The third kappa shape index (κ3) is 3.74. The van der Waals surface area contributed by atoms with Gasteiger partial charge < -0.3 is 15.5 Å². The van der Waals surface area contributed by atoms with Crippen molar-refractivity contribution >= 4 is 11.5 Å². The fourth-order valence-electron chi connectivity index (χ4n) is 1.90. The number of amidine groups is 1. The van der Waals surface area contributed by atoms with Crippen molar-refractivity contribution in [3.05, 3.63) is 29.8 Å². The van der Waals surface area contributed by atoms with Crippen molar-refractivity contribution in [2.45, 2.75) is 6.42 Å². The zero-order chi connectivity index (χ0) is 12.8. The van der Waals surface area contributed by atoms with Crippen LogP contribution >= 0.6 is 0 Å². The first-order valence-corrected chi connectivity index (χ1v) is 6.53. The summed E-state index contributed by atoms with van der Waals surface area (Å²) in [7, 11) is 4.16. The molecule has 2 N–H and O–H groups in total. The molecule has 0 bridgehead atoms. The van der Waals surface area contributed by atoms with Crippen LogP contribution in [0.3, 0.4) is 0 Å². The number of nitrogens with one attached hydrogen (secondary N) is 2. The Bertz CT molecular complexity index is 395. The lowest BCUT2D eigenvalue weighted by atomic mass is 10.1. The average Bonchev–Trinajstić information content (AvgIpc) is 2.40. The van der Waals surface area contributed by atoms with Crippen LogP contribution in [-0.4, -0.2) is 51.0 Å². The summed E-state index contributed by atoms with van der Waals surface area (Å²) in [6.45, 7) is 3.97. The molecule has 18 heavy (non-hydrogen) atoms. The van der Waals surface area contributed by atoms with E-state index < -0.39 is 0 Å². The number of benzene rings is 1. The van der Waals surface area contributed by atoms with Crippen molar-refractivity contribution in [2.24, 2.45) is 4.99 Å². The standard InChI is InChI=1S/C14H22N4/c1-18(2)11-10-15-13-6-4-12(5-7-13)14-16-8-3-9-17-14/h4-7,15H,3,8-11H2,1-2H3,(H,16,17). The SMILES string of the molecule is CN(C)CCNc1ccc(C2=NCCCN2)cc1. The largest absolute Gasteiger partial charge is 0.384 e. The number of nitrogens with zero attached hydrogens (tertiary/aromatic N) is 2. The molecule has 0 saturated carbocycles. The van der Waals surface area contributed by atoms with Crippen molar-refractivity contribution in [2.75, 3.05) is 45.6 Å². The molecule has 1 heterocycles. The van der Waals surface area contributed by atoms with Crippen LogP contribution in [0.15, 0.2) is 29.3 Å². The van der Waals surface area contributed by atoms with Gasteiger partial charge in [0.25, 0.3) is 0 Å². The molecule has 1 aliphatic rings. The van der Waals surface area contributed by atoms with E-state index in [9.17, 15) is 0 Å². The van der Waals surface area contributed by atoms with E-state index in [1.54, 1.807) is 0 Å². The smallest absolute Gasteiger partial charge is 0.128 e. The Hall–Kier alpha value is -1.55. The van der Waals surface area contributed by atoms with Gasteiger partial charge in [-0.2, -0.15) is 0 Å². The normalized spacial score (nSPS) is 15.2. The summed E-state index contributed by atoms with van der Waals surface area (Å²) in [6.07, 6.45) is 1.13. The maximum Gasteiger partial charge on any atom is 0.128 e. The number of hydrogen-bond acceptors (Lipinski definition) is 4. The molecule has 1 aromatic carbocycles. The molecule has 1 aromatic rings. The number of likely N-dealkylation sites (N-methyl/N-ethyl adjacent to an activating group) is 1. The van der Waals surface area contributed by atoms with Crippen LogP contribution in [0.5, 0.6) is 0 Å². The van der Waals surface area contributed by atoms with Gasteiger partial charge in [0.1, 0.15) is 5.84 Å². The number of hydrogen-bond donors (Lipinski definition) is 2. The van der Waals surface area contributed by atoms with E-state index in [1.807, 2.05) is 0 Å². The zero-order valence-corrected chi connectivity index (χ0v) is 11.2. The fraction of sp³-hybridized carbons (Fsp3) is 0.500. The Morgan fingerprint density at radius 1 is 1.28 bits per heavy atom. The lowest BCUT2D eigenvalue weighted by molar-refractivity contribution is 0.425. The van der Waals surface area contributed by atoms with Crippen molar-refractivity contribution in [1.82, 2.24) is 10.2 Å². The minimum Gasteiger partial charge on any atom is -0.384 e. The second-order valence-corrected chi connectivity index (χ2v) is 4.82. The highest BCUT2D eigenvalue weighted by Gasteiger charge is 2.06. The summed E-state index contributed by atoms with van der Waals surface area (Å²) < 4.78 is 0. The Kier molecular flexibility index (Phi) is 4.59. The summed E-state index contributed by atoms with van der Waals surface area (Å²) >= 11 is 0. The Morgan fingerprint density at radius 2 is 2.06 bits per heavy atom. The van der Waals surface area contributed by atoms with Gasteiger partial charge in [-0.1, -0.05) is 0 Å². The highest BCUT2D eigenvalue weighted by Crippen LogP contribution is 2.10. The van der Waals surface area contributed by atoms with Crippen LogP contribution in [-0.2, 0) is 0 Å².